The second kappa shape index (κ2) is 5.91. The number of carbonyl (C=O) groups excluding carboxylic acids is 2. The van der Waals surface area contributed by atoms with Gasteiger partial charge in [0.25, 0.3) is 0 Å². The number of benzene rings is 1. The molecule has 0 fully saturated rings. The van der Waals surface area contributed by atoms with E-state index >= 15 is 0 Å². The second-order valence-electron chi connectivity index (χ2n) is 7.88. The lowest BCUT2D eigenvalue weighted by Gasteiger charge is -2.50. The van der Waals surface area contributed by atoms with Crippen LogP contribution in [0.25, 0.3) is 0 Å². The molecule has 4 atom stereocenters. The number of hydrogen-bond acceptors (Lipinski definition) is 8. The second-order valence-corrected chi connectivity index (χ2v) is 7.88. The first-order valence-electron chi connectivity index (χ1n) is 8.84. The van der Waals surface area contributed by atoms with Crippen molar-refractivity contribution in [1.29, 1.82) is 0 Å². The van der Waals surface area contributed by atoms with Crippen LogP contribution in [0.2, 0.25) is 0 Å². The number of fused-ring (bicyclic) bond motifs is 3. The molecule has 1 unspecified atom stereocenters. The topological polar surface area (TPSA) is 145 Å². The molecule has 1 aromatic rings. The first kappa shape index (κ1) is 18.7. The highest BCUT2D eigenvalue weighted by atomic mass is 16.5. The van der Waals surface area contributed by atoms with Crippen LogP contribution >= 0.6 is 0 Å². The Morgan fingerprint density at radius 1 is 1.11 bits per heavy atom. The number of Topliss-reactive ketones (excluding diaryl/α,β-unsaturated/α-hetero) is 2. The van der Waals surface area contributed by atoms with Gasteiger partial charge in [-0.05, 0) is 25.5 Å². The third-order valence-corrected chi connectivity index (χ3v) is 5.81. The molecule has 0 amide bonds. The quantitative estimate of drug-likeness (QED) is 0.436. The van der Waals surface area contributed by atoms with Crippen LogP contribution in [0.1, 0.15) is 34.6 Å². The van der Waals surface area contributed by atoms with E-state index in [1.807, 2.05) is 0 Å². The number of hydrogen-bond donors (Lipinski definition) is 5. The van der Waals surface area contributed by atoms with Crippen LogP contribution in [0.3, 0.4) is 0 Å². The van der Waals surface area contributed by atoms with Gasteiger partial charge >= 0.3 is 0 Å². The Labute approximate surface area is 160 Å². The largest absolute Gasteiger partial charge is 0.508 e. The highest BCUT2D eigenvalue weighted by Crippen LogP contribution is 2.51. The number of ketones is 2. The predicted octanol–water partition coefficient (Wildman–Crippen LogP) is 0.426. The lowest BCUT2D eigenvalue weighted by Crippen LogP contribution is -2.57. The molecule has 148 valence electrons. The number of phenolic OH excluding ortho intramolecular Hbond substituents is 2. The summed E-state index contributed by atoms with van der Waals surface area (Å²) in [4.78, 5) is 26.2. The van der Waals surface area contributed by atoms with Gasteiger partial charge in [-0.25, -0.2) is 0 Å². The summed E-state index contributed by atoms with van der Waals surface area (Å²) >= 11 is 0. The van der Waals surface area contributed by atoms with E-state index in [-0.39, 0.29) is 33.8 Å². The summed E-state index contributed by atoms with van der Waals surface area (Å²) in [5.74, 6) is -4.03. The van der Waals surface area contributed by atoms with E-state index in [1.165, 1.54) is 6.08 Å². The number of allylic oxidation sites excluding steroid dienone is 3. The van der Waals surface area contributed by atoms with Crippen LogP contribution < -0.4 is 0 Å². The summed E-state index contributed by atoms with van der Waals surface area (Å²) in [6.07, 6.45) is -1.17. The molecule has 0 bridgehead atoms. The van der Waals surface area contributed by atoms with Crippen LogP contribution in [-0.4, -0.2) is 61.5 Å². The summed E-state index contributed by atoms with van der Waals surface area (Å²) < 4.78 is 5.83. The molecule has 8 heteroatoms. The van der Waals surface area contributed by atoms with Crippen molar-refractivity contribution in [3.63, 3.8) is 0 Å². The molecule has 0 saturated carbocycles. The lowest BCUT2D eigenvalue weighted by atomic mass is 9.63. The number of ether oxygens (including phenoxy) is 1. The number of aliphatic hydroxyl groups excluding tert-OH is 3. The summed E-state index contributed by atoms with van der Waals surface area (Å²) in [6, 6.07) is 2.06. The molecule has 5 N–H and O–H groups in total. The fourth-order valence-electron chi connectivity index (χ4n) is 4.56. The molecule has 4 rings (SSSR count). The smallest absolute Gasteiger partial charge is 0.232 e. The Kier molecular flexibility index (Phi) is 3.94. The monoisotopic (exact) mass is 388 g/mol. The van der Waals surface area contributed by atoms with Gasteiger partial charge < -0.3 is 30.3 Å². The fraction of sp³-hybridized carbons (Fsp3) is 0.400. The van der Waals surface area contributed by atoms with Crippen LogP contribution in [0.4, 0.5) is 0 Å². The van der Waals surface area contributed by atoms with E-state index < -0.39 is 53.6 Å². The first-order chi connectivity index (χ1) is 13.1. The Bertz CT molecular complexity index is 971. The van der Waals surface area contributed by atoms with Gasteiger partial charge in [-0.15, -0.1) is 0 Å². The molecule has 1 aromatic carbocycles. The van der Waals surface area contributed by atoms with Gasteiger partial charge in [0.05, 0.1) is 23.8 Å². The van der Waals surface area contributed by atoms with E-state index in [0.29, 0.717) is 0 Å². The Morgan fingerprint density at radius 3 is 2.43 bits per heavy atom. The van der Waals surface area contributed by atoms with Crippen LogP contribution in [0.15, 0.2) is 35.1 Å². The maximum absolute atomic E-state index is 13.2. The van der Waals surface area contributed by atoms with E-state index in [4.69, 9.17) is 4.74 Å². The minimum absolute atomic E-state index is 0.0243. The zero-order valence-corrected chi connectivity index (χ0v) is 15.2. The summed E-state index contributed by atoms with van der Waals surface area (Å²) in [6.45, 7) is 2.74. The Morgan fingerprint density at radius 2 is 1.79 bits per heavy atom. The number of aliphatic hydroxyl groups is 3. The number of phenols is 2. The molecule has 8 nitrogen and oxygen atoms in total. The lowest BCUT2D eigenvalue weighted by molar-refractivity contribution is -0.124. The highest BCUT2D eigenvalue weighted by molar-refractivity contribution is 6.27. The normalized spacial score (nSPS) is 30.8. The zero-order chi connectivity index (χ0) is 20.5. The molecular formula is C20H20O8. The Hall–Kier alpha value is -2.68. The van der Waals surface area contributed by atoms with Crippen LogP contribution in [0, 0.1) is 11.8 Å². The molecule has 1 heterocycles. The average molecular weight is 388 g/mol. The van der Waals surface area contributed by atoms with Crippen molar-refractivity contribution in [2.75, 3.05) is 6.61 Å². The minimum atomic E-state index is -1.33. The predicted molar refractivity (Wildman–Crippen MR) is 94.8 cm³/mol. The molecule has 0 saturated heterocycles. The van der Waals surface area contributed by atoms with Gasteiger partial charge in [-0.3, -0.25) is 9.59 Å². The summed E-state index contributed by atoms with van der Waals surface area (Å²) in [5.41, 5.74) is -1.42. The van der Waals surface area contributed by atoms with Crippen molar-refractivity contribution in [2.45, 2.75) is 31.7 Å². The van der Waals surface area contributed by atoms with E-state index in [0.717, 1.165) is 12.1 Å². The van der Waals surface area contributed by atoms with Gasteiger partial charge in [0.1, 0.15) is 23.2 Å². The maximum Gasteiger partial charge on any atom is 0.232 e. The van der Waals surface area contributed by atoms with E-state index in [1.54, 1.807) is 13.8 Å². The number of aromatic hydroxyl groups is 2. The van der Waals surface area contributed by atoms with Gasteiger partial charge in [0.15, 0.2) is 11.5 Å². The molecule has 1 aliphatic heterocycles. The number of rotatable bonds is 1. The molecule has 28 heavy (non-hydrogen) atoms. The molecule has 3 aliphatic rings. The van der Waals surface area contributed by atoms with Gasteiger partial charge in [0, 0.05) is 23.5 Å². The molecule has 0 radical (unpaired) electrons. The van der Waals surface area contributed by atoms with Crippen molar-refractivity contribution in [3.05, 3.63) is 46.2 Å². The molecule has 0 aromatic heterocycles. The molecule has 2 aliphatic carbocycles. The van der Waals surface area contributed by atoms with Gasteiger partial charge in [0.2, 0.25) is 5.78 Å². The number of carbonyl (C=O) groups is 2. The first-order valence-corrected chi connectivity index (χ1v) is 8.84. The average Bonchev–Trinajstić information content (AvgIpc) is 2.60. The SMILES string of the molecule is CC1(C)OC2=C(C(=O)c3cc(O)cc(O)c3C2=O)C2C=C(CO)[C@@H](O)[C@H](O)[C@@H]21. The van der Waals surface area contributed by atoms with Crippen molar-refractivity contribution in [2.24, 2.45) is 11.8 Å². The van der Waals surface area contributed by atoms with Crippen molar-refractivity contribution in [1.82, 2.24) is 0 Å². The molecular weight excluding hydrogens is 368 g/mol. The maximum atomic E-state index is 13.2. The standard InChI is InChI=1S/C20H20O8/c1-20(2)14-9(3-7(6-21)15(24)18(14)27)13-16(25)10-4-8(22)5-11(23)12(10)17(26)19(13)28-20/h3-5,9,14-15,18,21-24,27H,6H2,1-2H3/t9?,14-,15-,18-/m1/s1. The van der Waals surface area contributed by atoms with Crippen LogP contribution in [-0.2, 0) is 4.74 Å². The van der Waals surface area contributed by atoms with Crippen LogP contribution in [0.5, 0.6) is 11.5 Å². The van der Waals surface area contributed by atoms with Crippen molar-refractivity contribution >= 4 is 11.6 Å². The highest BCUT2D eigenvalue weighted by Gasteiger charge is 2.56. The summed E-state index contributed by atoms with van der Waals surface area (Å²) in [5, 5.41) is 50.3. The van der Waals surface area contributed by atoms with E-state index in [9.17, 15) is 35.1 Å². The summed E-state index contributed by atoms with van der Waals surface area (Å²) in [7, 11) is 0. The van der Waals surface area contributed by atoms with E-state index in [2.05, 4.69) is 0 Å². The third-order valence-electron chi connectivity index (χ3n) is 5.81. The van der Waals surface area contributed by atoms with Crippen molar-refractivity contribution in [3.8, 4) is 11.5 Å². The fourth-order valence-corrected chi connectivity index (χ4v) is 4.56. The minimum Gasteiger partial charge on any atom is -0.508 e. The van der Waals surface area contributed by atoms with Gasteiger partial charge in [-0.1, -0.05) is 6.08 Å². The van der Waals surface area contributed by atoms with Crippen molar-refractivity contribution < 1.29 is 39.9 Å². The zero-order valence-electron chi connectivity index (χ0n) is 15.2. The Balaban J connectivity index is 1.98. The van der Waals surface area contributed by atoms with Gasteiger partial charge in [-0.2, -0.15) is 0 Å². The third kappa shape index (κ3) is 2.35. The molecule has 0 spiro atoms.